The van der Waals surface area contributed by atoms with Gasteiger partial charge in [0.25, 0.3) is 0 Å². The Bertz CT molecular complexity index is 840. The predicted molar refractivity (Wildman–Crippen MR) is 102 cm³/mol. The number of nitrogens with zero attached hydrogens (tertiary/aromatic N) is 3. The van der Waals surface area contributed by atoms with Gasteiger partial charge < -0.3 is 9.42 Å². The van der Waals surface area contributed by atoms with Gasteiger partial charge in [0.2, 0.25) is 0 Å². The van der Waals surface area contributed by atoms with Gasteiger partial charge in [-0.1, -0.05) is 35.5 Å². The highest BCUT2D eigenvalue weighted by molar-refractivity contribution is 7.15. The topological polar surface area (TPSA) is 61.6 Å². The van der Waals surface area contributed by atoms with E-state index in [4.69, 9.17) is 4.52 Å². The molecule has 3 heterocycles. The molecule has 1 fully saturated rings. The number of urea groups is 1. The van der Waals surface area contributed by atoms with Gasteiger partial charge in [-0.2, -0.15) is 0 Å². The lowest BCUT2D eigenvalue weighted by Crippen LogP contribution is -2.49. The van der Waals surface area contributed by atoms with Crippen molar-refractivity contribution >= 4 is 23.2 Å². The maximum absolute atomic E-state index is 12.2. The molecule has 1 N–H and O–H groups in total. The summed E-state index contributed by atoms with van der Waals surface area (Å²) in [5, 5.41) is 6.45. The summed E-state index contributed by atoms with van der Waals surface area (Å²) in [7, 11) is 0. The molecule has 1 saturated heterocycles. The number of rotatable bonds is 4. The average molecular weight is 368 g/mol. The number of amides is 2. The van der Waals surface area contributed by atoms with Crippen molar-refractivity contribution in [1.29, 1.82) is 0 Å². The van der Waals surface area contributed by atoms with E-state index in [1.165, 1.54) is 21.6 Å². The van der Waals surface area contributed by atoms with Crippen LogP contribution in [0.2, 0.25) is 0 Å². The molecular weight excluding hydrogens is 348 g/mol. The zero-order valence-corrected chi connectivity index (χ0v) is 15.1. The molecule has 1 aliphatic heterocycles. The Morgan fingerprint density at radius 1 is 1.08 bits per heavy atom. The minimum absolute atomic E-state index is 0.124. The molecule has 1 aromatic carbocycles. The van der Waals surface area contributed by atoms with Gasteiger partial charge in [0, 0.05) is 48.5 Å². The molecular formula is C19H20N4O2S. The number of benzene rings is 1. The molecule has 0 bridgehead atoms. The van der Waals surface area contributed by atoms with Crippen LogP contribution in [-0.2, 0) is 6.54 Å². The Morgan fingerprint density at radius 3 is 2.62 bits per heavy atom. The molecule has 6 nitrogen and oxygen atoms in total. The number of hydrogen-bond donors (Lipinski definition) is 1. The number of anilines is 1. The van der Waals surface area contributed by atoms with Crippen molar-refractivity contribution in [3.8, 4) is 10.4 Å². The summed E-state index contributed by atoms with van der Waals surface area (Å²) in [6.07, 6.45) is 1.44. The predicted octanol–water partition coefficient (Wildman–Crippen LogP) is 3.75. The molecule has 1 aliphatic rings. The Morgan fingerprint density at radius 2 is 1.88 bits per heavy atom. The van der Waals surface area contributed by atoms with Gasteiger partial charge in [0.05, 0.1) is 0 Å². The minimum atomic E-state index is -0.124. The molecule has 0 aliphatic carbocycles. The fourth-order valence-corrected chi connectivity index (χ4v) is 4.07. The largest absolute Gasteiger partial charge is 0.363 e. The fraction of sp³-hybridized carbons (Fsp3) is 0.263. The highest BCUT2D eigenvalue weighted by atomic mass is 32.1. The summed E-state index contributed by atoms with van der Waals surface area (Å²) in [6, 6.07) is 16.4. The third-order valence-corrected chi connectivity index (χ3v) is 5.55. The number of nitrogens with one attached hydrogen (secondary N) is 1. The van der Waals surface area contributed by atoms with Gasteiger partial charge >= 0.3 is 6.03 Å². The van der Waals surface area contributed by atoms with Crippen molar-refractivity contribution in [3.63, 3.8) is 0 Å². The Kier molecular flexibility index (Phi) is 4.99. The molecule has 7 heteroatoms. The standard InChI is InChI=1S/C19H20N4O2S/c24-19(20-18-8-13-25-21-18)23-11-9-22(10-12-23)14-16-6-7-17(26-16)15-4-2-1-3-5-15/h1-8,13H,9-12,14H2,(H,20,21,24). The van der Waals surface area contributed by atoms with Crippen LogP contribution >= 0.6 is 11.3 Å². The van der Waals surface area contributed by atoms with Gasteiger partial charge in [-0.15, -0.1) is 11.3 Å². The summed E-state index contributed by atoms with van der Waals surface area (Å²) >= 11 is 1.84. The molecule has 0 saturated carbocycles. The summed E-state index contributed by atoms with van der Waals surface area (Å²) < 4.78 is 4.73. The van der Waals surface area contributed by atoms with Crippen LogP contribution in [0.3, 0.4) is 0 Å². The maximum atomic E-state index is 12.2. The monoisotopic (exact) mass is 368 g/mol. The van der Waals surface area contributed by atoms with E-state index < -0.39 is 0 Å². The molecule has 0 radical (unpaired) electrons. The Balaban J connectivity index is 1.29. The molecule has 4 rings (SSSR count). The van der Waals surface area contributed by atoms with E-state index in [0.29, 0.717) is 18.9 Å². The minimum Gasteiger partial charge on any atom is -0.363 e. The summed E-state index contributed by atoms with van der Waals surface area (Å²) in [5.74, 6) is 0.449. The second-order valence-electron chi connectivity index (χ2n) is 6.21. The van der Waals surface area contributed by atoms with Gasteiger partial charge in [0.1, 0.15) is 6.26 Å². The summed E-state index contributed by atoms with van der Waals surface area (Å²) in [4.78, 5) is 19.1. The van der Waals surface area contributed by atoms with Crippen molar-refractivity contribution in [2.24, 2.45) is 0 Å². The average Bonchev–Trinajstić information content (AvgIpc) is 3.35. The smallest absolute Gasteiger partial charge is 0.323 e. The number of piperazine rings is 1. The number of aromatic nitrogens is 1. The van der Waals surface area contributed by atoms with E-state index in [-0.39, 0.29) is 6.03 Å². The second-order valence-corrected chi connectivity index (χ2v) is 7.38. The van der Waals surface area contributed by atoms with E-state index >= 15 is 0 Å². The lowest BCUT2D eigenvalue weighted by atomic mass is 10.2. The SMILES string of the molecule is O=C(Nc1ccon1)N1CCN(Cc2ccc(-c3ccccc3)s2)CC1. The van der Waals surface area contributed by atoms with Gasteiger partial charge in [0.15, 0.2) is 5.82 Å². The number of thiophene rings is 1. The normalized spacial score (nSPS) is 15.2. The van der Waals surface area contributed by atoms with E-state index in [1.54, 1.807) is 6.07 Å². The summed E-state index contributed by atoms with van der Waals surface area (Å²) in [5.41, 5.74) is 1.26. The van der Waals surface area contributed by atoms with Crippen LogP contribution in [0.1, 0.15) is 4.88 Å². The highest BCUT2D eigenvalue weighted by Gasteiger charge is 2.22. The molecule has 2 amide bonds. The van der Waals surface area contributed by atoms with Crippen LogP contribution in [0.4, 0.5) is 10.6 Å². The first-order valence-electron chi connectivity index (χ1n) is 8.61. The quantitative estimate of drug-likeness (QED) is 0.762. The first-order valence-corrected chi connectivity index (χ1v) is 9.42. The van der Waals surface area contributed by atoms with Crippen LogP contribution in [0.5, 0.6) is 0 Å². The van der Waals surface area contributed by atoms with Crippen molar-refractivity contribution in [2.75, 3.05) is 31.5 Å². The molecule has 26 heavy (non-hydrogen) atoms. The lowest BCUT2D eigenvalue weighted by Gasteiger charge is -2.34. The zero-order chi connectivity index (χ0) is 17.8. The summed E-state index contributed by atoms with van der Waals surface area (Å²) in [6.45, 7) is 4.08. The van der Waals surface area contributed by atoms with Crippen LogP contribution < -0.4 is 5.32 Å². The maximum Gasteiger partial charge on any atom is 0.323 e. The lowest BCUT2D eigenvalue weighted by molar-refractivity contribution is 0.143. The Hall–Kier alpha value is -2.64. The van der Waals surface area contributed by atoms with E-state index in [2.05, 4.69) is 51.8 Å². The molecule has 0 atom stereocenters. The first kappa shape index (κ1) is 16.8. The van der Waals surface area contributed by atoms with Crippen molar-refractivity contribution < 1.29 is 9.32 Å². The molecule has 134 valence electrons. The highest BCUT2D eigenvalue weighted by Crippen LogP contribution is 2.28. The number of hydrogen-bond acceptors (Lipinski definition) is 5. The van der Waals surface area contributed by atoms with Crippen LogP contribution in [0.15, 0.2) is 59.3 Å². The third kappa shape index (κ3) is 3.95. The van der Waals surface area contributed by atoms with Crippen molar-refractivity contribution in [1.82, 2.24) is 15.0 Å². The van der Waals surface area contributed by atoms with Gasteiger partial charge in [-0.3, -0.25) is 10.2 Å². The van der Waals surface area contributed by atoms with Crippen LogP contribution in [0.25, 0.3) is 10.4 Å². The van der Waals surface area contributed by atoms with E-state index in [0.717, 1.165) is 19.6 Å². The van der Waals surface area contributed by atoms with Gasteiger partial charge in [-0.25, -0.2) is 4.79 Å². The fourth-order valence-electron chi connectivity index (χ4n) is 3.02. The van der Waals surface area contributed by atoms with Crippen molar-refractivity contribution in [3.05, 3.63) is 59.7 Å². The van der Waals surface area contributed by atoms with Crippen LogP contribution in [-0.4, -0.2) is 47.2 Å². The number of carbonyl (C=O) groups excluding carboxylic acids is 1. The molecule has 0 unspecified atom stereocenters. The molecule has 3 aromatic rings. The van der Waals surface area contributed by atoms with E-state index in [9.17, 15) is 4.79 Å². The third-order valence-electron chi connectivity index (χ3n) is 4.43. The Labute approximate surface area is 156 Å². The van der Waals surface area contributed by atoms with Crippen LogP contribution in [0, 0.1) is 0 Å². The van der Waals surface area contributed by atoms with E-state index in [1.807, 2.05) is 22.3 Å². The van der Waals surface area contributed by atoms with Gasteiger partial charge in [-0.05, 0) is 17.7 Å². The number of carbonyl (C=O) groups is 1. The second kappa shape index (κ2) is 7.72. The van der Waals surface area contributed by atoms with Crippen molar-refractivity contribution in [2.45, 2.75) is 6.54 Å². The molecule has 0 spiro atoms. The zero-order valence-electron chi connectivity index (χ0n) is 14.3. The first-order chi connectivity index (χ1) is 12.8. The molecule has 2 aromatic heterocycles.